The fourth-order valence-corrected chi connectivity index (χ4v) is 2.83. The van der Waals surface area contributed by atoms with E-state index in [0.29, 0.717) is 0 Å². The number of rotatable bonds is 5. The normalized spacial score (nSPS) is 18.6. The zero-order valence-corrected chi connectivity index (χ0v) is 12.4. The van der Waals surface area contributed by atoms with Gasteiger partial charge in [0.05, 0.1) is 11.5 Å². The third kappa shape index (κ3) is 3.91. The van der Waals surface area contributed by atoms with Crippen LogP contribution in [0.4, 0.5) is 0 Å². The van der Waals surface area contributed by atoms with Gasteiger partial charge in [0, 0.05) is 12.3 Å². The number of hydrogen-bond donors (Lipinski definition) is 1. The maximum absolute atomic E-state index is 12.2. The molecule has 0 aromatic rings. The van der Waals surface area contributed by atoms with E-state index in [2.05, 4.69) is 0 Å². The van der Waals surface area contributed by atoms with Gasteiger partial charge in [-0.3, -0.25) is 4.79 Å². The van der Waals surface area contributed by atoms with E-state index >= 15 is 0 Å². The Hall–Kier alpha value is -0.690. The summed E-state index contributed by atoms with van der Waals surface area (Å²) in [6.07, 6.45) is 4.97. The first-order chi connectivity index (χ1) is 8.23. The van der Waals surface area contributed by atoms with Crippen molar-refractivity contribution in [3.8, 4) is 0 Å². The number of carbonyl (C=O) groups is 1. The summed E-state index contributed by atoms with van der Waals surface area (Å²) in [5.41, 5.74) is 5.50. The van der Waals surface area contributed by atoms with Crippen molar-refractivity contribution in [3.05, 3.63) is 0 Å². The molecule has 0 aromatic heterocycles. The first kappa shape index (κ1) is 15.4. The van der Waals surface area contributed by atoms with Crippen molar-refractivity contribution in [2.45, 2.75) is 43.9 Å². The second-order valence-electron chi connectivity index (χ2n) is 4.84. The average Bonchev–Trinajstić information content (AvgIpc) is 2.75. The van der Waals surface area contributed by atoms with E-state index in [0.717, 1.165) is 31.9 Å². The van der Waals surface area contributed by atoms with Gasteiger partial charge in [-0.25, -0.2) is 8.42 Å². The van der Waals surface area contributed by atoms with E-state index in [1.807, 2.05) is 0 Å². The van der Waals surface area contributed by atoms with Crippen molar-refractivity contribution in [1.82, 2.24) is 4.90 Å². The van der Waals surface area contributed by atoms with Gasteiger partial charge in [0.25, 0.3) is 0 Å². The Balaban J connectivity index is 2.88. The van der Waals surface area contributed by atoms with Crippen LogP contribution in [-0.2, 0) is 14.6 Å². The van der Waals surface area contributed by atoms with Crippen LogP contribution in [0.3, 0.4) is 0 Å². The van der Waals surface area contributed by atoms with Gasteiger partial charge in [0.2, 0.25) is 5.91 Å². The predicted octanol–water partition coefficient (Wildman–Crippen LogP) is 0.477. The van der Waals surface area contributed by atoms with E-state index in [1.54, 1.807) is 4.90 Å². The zero-order valence-electron chi connectivity index (χ0n) is 10.8. The summed E-state index contributed by atoms with van der Waals surface area (Å²) in [6.45, 7) is 1.58. The average molecular weight is 292 g/mol. The van der Waals surface area contributed by atoms with Crippen LogP contribution in [0.25, 0.3) is 0 Å². The summed E-state index contributed by atoms with van der Waals surface area (Å²) >= 11 is 4.84. The van der Waals surface area contributed by atoms with E-state index < -0.39 is 21.0 Å². The molecule has 0 aromatic carbocycles. The Morgan fingerprint density at radius 2 is 1.94 bits per heavy atom. The molecule has 1 rings (SSSR count). The first-order valence-electron chi connectivity index (χ1n) is 6.01. The molecular weight excluding hydrogens is 272 g/mol. The molecule has 1 fully saturated rings. The van der Waals surface area contributed by atoms with Crippen molar-refractivity contribution >= 4 is 33.0 Å². The van der Waals surface area contributed by atoms with Gasteiger partial charge in [-0.15, -0.1) is 0 Å². The quantitative estimate of drug-likeness (QED) is 0.745. The van der Waals surface area contributed by atoms with E-state index in [1.165, 1.54) is 6.92 Å². The minimum Gasteiger partial charge on any atom is -0.392 e. The van der Waals surface area contributed by atoms with E-state index in [9.17, 15) is 13.2 Å². The lowest BCUT2D eigenvalue weighted by molar-refractivity contribution is -0.131. The molecule has 1 aliphatic carbocycles. The van der Waals surface area contributed by atoms with Crippen molar-refractivity contribution in [1.29, 1.82) is 0 Å². The van der Waals surface area contributed by atoms with Crippen molar-refractivity contribution in [2.24, 2.45) is 5.73 Å². The monoisotopic (exact) mass is 292 g/mol. The molecule has 0 radical (unpaired) electrons. The Morgan fingerprint density at radius 3 is 2.33 bits per heavy atom. The summed E-state index contributed by atoms with van der Waals surface area (Å²) in [4.78, 5) is 14.0. The van der Waals surface area contributed by atoms with Crippen molar-refractivity contribution in [3.63, 3.8) is 0 Å². The molecule has 5 nitrogen and oxygen atoms in total. The van der Waals surface area contributed by atoms with Crippen LogP contribution in [0.5, 0.6) is 0 Å². The summed E-state index contributed by atoms with van der Waals surface area (Å²) in [7, 11) is -3.39. The highest BCUT2D eigenvalue weighted by Crippen LogP contribution is 2.24. The number of thiocarbonyl (C=S) groups is 1. The maximum atomic E-state index is 12.2. The number of carbonyl (C=O) groups excluding carboxylic acids is 1. The highest BCUT2D eigenvalue weighted by atomic mass is 32.2. The molecule has 0 saturated heterocycles. The maximum Gasteiger partial charge on any atom is 0.241 e. The minimum absolute atomic E-state index is 0.0724. The van der Waals surface area contributed by atoms with Crippen LogP contribution in [0, 0.1) is 0 Å². The van der Waals surface area contributed by atoms with Crippen LogP contribution >= 0.6 is 12.2 Å². The summed E-state index contributed by atoms with van der Waals surface area (Å²) in [5.74, 6) is -0.391. The highest BCUT2D eigenvalue weighted by molar-refractivity contribution is 7.92. The lowest BCUT2D eigenvalue weighted by atomic mass is 10.2. The summed E-state index contributed by atoms with van der Waals surface area (Å²) in [5, 5.41) is -1.03. The number of sulfone groups is 1. The fraction of sp³-hybridized carbons (Fsp3) is 0.818. The Morgan fingerprint density at radius 1 is 1.44 bits per heavy atom. The SMILES string of the molecule is CC(C(=O)N(CC(N)=S)C1CCCC1)S(C)(=O)=O. The molecule has 1 saturated carbocycles. The molecule has 0 spiro atoms. The molecule has 0 heterocycles. The smallest absolute Gasteiger partial charge is 0.241 e. The van der Waals surface area contributed by atoms with E-state index in [-0.39, 0.29) is 17.6 Å². The molecule has 104 valence electrons. The molecule has 1 atom stereocenters. The van der Waals surface area contributed by atoms with Gasteiger partial charge in [-0.1, -0.05) is 25.1 Å². The fourth-order valence-electron chi connectivity index (χ4n) is 2.19. The van der Waals surface area contributed by atoms with E-state index in [4.69, 9.17) is 18.0 Å². The molecule has 18 heavy (non-hydrogen) atoms. The summed E-state index contributed by atoms with van der Waals surface area (Å²) < 4.78 is 22.9. The molecule has 1 aliphatic rings. The predicted molar refractivity (Wildman–Crippen MR) is 75.1 cm³/mol. The Bertz CT molecular complexity index is 428. The molecule has 2 N–H and O–H groups in total. The topological polar surface area (TPSA) is 80.5 Å². The van der Waals surface area contributed by atoms with Crippen molar-refractivity contribution < 1.29 is 13.2 Å². The van der Waals surface area contributed by atoms with Crippen LogP contribution in [0.1, 0.15) is 32.6 Å². The molecule has 0 bridgehead atoms. The molecule has 1 amide bonds. The third-order valence-electron chi connectivity index (χ3n) is 3.36. The van der Waals surface area contributed by atoms with Gasteiger partial charge in [-0.2, -0.15) is 0 Å². The minimum atomic E-state index is -3.39. The molecule has 0 aliphatic heterocycles. The highest BCUT2D eigenvalue weighted by Gasteiger charge is 2.33. The standard InChI is InChI=1S/C11H20N2O3S2/c1-8(18(2,15)16)11(14)13(7-10(12)17)9-5-3-4-6-9/h8-9H,3-7H2,1-2H3,(H2,12,17). The number of nitrogens with zero attached hydrogens (tertiary/aromatic N) is 1. The summed E-state index contributed by atoms with van der Waals surface area (Å²) in [6, 6.07) is 0.0724. The third-order valence-corrected chi connectivity index (χ3v) is 4.98. The van der Waals surface area contributed by atoms with Gasteiger partial charge < -0.3 is 10.6 Å². The second-order valence-corrected chi connectivity index (χ2v) is 7.73. The number of hydrogen-bond acceptors (Lipinski definition) is 4. The van der Waals surface area contributed by atoms with Gasteiger partial charge >= 0.3 is 0 Å². The zero-order chi connectivity index (χ0) is 13.9. The van der Waals surface area contributed by atoms with Crippen LogP contribution in [0.15, 0.2) is 0 Å². The van der Waals surface area contributed by atoms with Crippen molar-refractivity contribution in [2.75, 3.05) is 12.8 Å². The number of nitrogens with two attached hydrogens (primary N) is 1. The van der Waals surface area contributed by atoms with Gasteiger partial charge in [-0.05, 0) is 19.8 Å². The lowest BCUT2D eigenvalue weighted by Gasteiger charge is -2.30. The lowest BCUT2D eigenvalue weighted by Crippen LogP contribution is -2.49. The molecule has 1 unspecified atom stereocenters. The largest absolute Gasteiger partial charge is 0.392 e. The molecule has 7 heteroatoms. The Labute approximate surface area is 114 Å². The van der Waals surface area contributed by atoms with Crippen LogP contribution in [0.2, 0.25) is 0 Å². The second kappa shape index (κ2) is 5.97. The van der Waals surface area contributed by atoms with Crippen LogP contribution in [-0.4, -0.2) is 48.3 Å². The Kier molecular flexibility index (Phi) is 5.10. The van der Waals surface area contributed by atoms with Gasteiger partial charge in [0.15, 0.2) is 9.84 Å². The number of amides is 1. The first-order valence-corrected chi connectivity index (χ1v) is 8.37. The molecular formula is C11H20N2O3S2. The van der Waals surface area contributed by atoms with Gasteiger partial charge in [0.1, 0.15) is 5.25 Å². The van der Waals surface area contributed by atoms with Crippen LogP contribution < -0.4 is 5.73 Å².